The molecule has 0 aromatic heterocycles. The van der Waals surface area contributed by atoms with E-state index in [0.717, 1.165) is 37.2 Å². The Morgan fingerprint density at radius 3 is 1.81 bits per heavy atom. The lowest BCUT2D eigenvalue weighted by Gasteiger charge is -2.54. The molecular weight excluding hydrogens is 563 g/mol. The lowest BCUT2D eigenvalue weighted by atomic mass is 9.54. The number of nitrogens with one attached hydrogen (secondary N) is 1. The molecule has 0 saturated carbocycles. The zero-order chi connectivity index (χ0) is 25.4. The van der Waals surface area contributed by atoms with Crippen LogP contribution in [-0.2, 0) is 30.6 Å². The van der Waals surface area contributed by atoms with Crippen LogP contribution in [0.2, 0.25) is 0 Å². The molecule has 1 heterocycles. The average molecular weight is 584 g/mol. The van der Waals surface area contributed by atoms with Gasteiger partial charge < -0.3 is 5.32 Å². The number of imide groups is 1. The summed E-state index contributed by atoms with van der Waals surface area (Å²) in [6.07, 6.45) is 0.709. The van der Waals surface area contributed by atoms with E-state index in [-0.39, 0.29) is 0 Å². The average Bonchev–Trinajstić information content (AvgIpc) is 3.14. The number of carbonyl (C=O) groups excluding carboxylic acids is 3. The molecule has 3 aromatic rings. The van der Waals surface area contributed by atoms with E-state index in [0.29, 0.717) is 12.1 Å². The fourth-order valence-corrected chi connectivity index (χ4v) is 7.70. The van der Waals surface area contributed by atoms with Crippen LogP contribution in [0.15, 0.2) is 71.2 Å². The van der Waals surface area contributed by atoms with E-state index < -0.39 is 45.9 Å². The molecule has 1 N–H and O–H groups in total. The van der Waals surface area contributed by atoms with Crippen molar-refractivity contribution in [3.63, 3.8) is 0 Å². The first-order chi connectivity index (χ1) is 17.2. The van der Waals surface area contributed by atoms with Crippen molar-refractivity contribution in [3.05, 3.63) is 99.0 Å². The number of amides is 3. The Labute approximate surface area is 226 Å². The molecule has 2 bridgehead atoms. The Balaban J connectivity index is 1.40. The molecule has 3 amide bonds. The Bertz CT molecular complexity index is 1350. The second kappa shape index (κ2) is 8.17. The van der Waals surface area contributed by atoms with Gasteiger partial charge in [0.2, 0.25) is 17.7 Å². The van der Waals surface area contributed by atoms with E-state index in [9.17, 15) is 14.4 Å². The maximum absolute atomic E-state index is 13.8. The Hall–Kier alpha value is -2.67. The monoisotopic (exact) mass is 582 g/mol. The number of likely N-dealkylation sites (tertiary alicyclic amines) is 1. The molecule has 4 aliphatic rings. The van der Waals surface area contributed by atoms with Crippen molar-refractivity contribution >= 4 is 62.5 Å². The third-order valence-electron chi connectivity index (χ3n) is 7.70. The van der Waals surface area contributed by atoms with Gasteiger partial charge in [-0.05, 0) is 52.4 Å². The van der Waals surface area contributed by atoms with E-state index in [1.165, 1.54) is 0 Å². The fourth-order valence-electron chi connectivity index (χ4n) is 6.19. The van der Waals surface area contributed by atoms with Crippen molar-refractivity contribution in [3.8, 4) is 0 Å². The van der Waals surface area contributed by atoms with Crippen LogP contribution in [0, 0.1) is 11.8 Å². The topological polar surface area (TPSA) is 66.5 Å². The van der Waals surface area contributed by atoms with Crippen LogP contribution in [-0.4, -0.2) is 29.2 Å². The molecule has 7 rings (SSSR count). The molecule has 5 nitrogen and oxygen atoms in total. The lowest BCUT2D eigenvalue weighted by Crippen LogP contribution is -2.57. The molecule has 0 spiro atoms. The first kappa shape index (κ1) is 23.7. The van der Waals surface area contributed by atoms with Crippen LogP contribution in [0.4, 0.5) is 5.69 Å². The van der Waals surface area contributed by atoms with Gasteiger partial charge in [0.15, 0.2) is 0 Å². The summed E-state index contributed by atoms with van der Waals surface area (Å²) in [5.41, 5.74) is 4.51. The molecular formula is C28H21BrCl2N2O3. The number of hydrogen-bond donors (Lipinski definition) is 1. The van der Waals surface area contributed by atoms with E-state index in [2.05, 4.69) is 21.2 Å². The van der Waals surface area contributed by atoms with Crippen LogP contribution in [0.5, 0.6) is 0 Å². The Morgan fingerprint density at radius 2 is 1.36 bits per heavy atom. The molecule has 3 aliphatic carbocycles. The molecule has 0 radical (unpaired) electrons. The molecule has 36 heavy (non-hydrogen) atoms. The van der Waals surface area contributed by atoms with Crippen LogP contribution in [0.1, 0.15) is 34.7 Å². The van der Waals surface area contributed by atoms with Crippen molar-refractivity contribution in [2.75, 3.05) is 11.9 Å². The van der Waals surface area contributed by atoms with Gasteiger partial charge in [-0.1, -0.05) is 71.4 Å². The maximum Gasteiger partial charge on any atom is 0.244 e. The highest BCUT2D eigenvalue weighted by molar-refractivity contribution is 9.10. The third kappa shape index (κ3) is 2.98. The van der Waals surface area contributed by atoms with Gasteiger partial charge in [-0.3, -0.25) is 19.3 Å². The normalized spacial score (nSPS) is 27.5. The molecule has 2 atom stereocenters. The second-order valence-corrected chi connectivity index (χ2v) is 11.5. The number of benzene rings is 3. The predicted octanol–water partition coefficient (Wildman–Crippen LogP) is 5.54. The van der Waals surface area contributed by atoms with Crippen LogP contribution >= 0.6 is 39.1 Å². The molecule has 1 aliphatic heterocycles. The fraction of sp³-hybridized carbons (Fsp3) is 0.250. The summed E-state index contributed by atoms with van der Waals surface area (Å²) in [5.74, 6) is -3.24. The van der Waals surface area contributed by atoms with E-state index >= 15 is 0 Å². The third-order valence-corrected chi connectivity index (χ3v) is 9.48. The number of aryl methyl sites for hydroxylation is 1. The van der Waals surface area contributed by atoms with E-state index in [1.807, 2.05) is 67.6 Å². The molecule has 182 valence electrons. The highest BCUT2D eigenvalue weighted by atomic mass is 79.9. The van der Waals surface area contributed by atoms with Crippen LogP contribution in [0.3, 0.4) is 0 Å². The molecule has 0 unspecified atom stereocenters. The first-order valence-electron chi connectivity index (χ1n) is 11.7. The van der Waals surface area contributed by atoms with Crippen molar-refractivity contribution in [1.29, 1.82) is 0 Å². The first-order valence-corrected chi connectivity index (χ1v) is 13.3. The number of nitrogens with zero attached hydrogens (tertiary/aromatic N) is 1. The minimum Gasteiger partial charge on any atom is -0.324 e. The van der Waals surface area contributed by atoms with Gasteiger partial charge in [0.25, 0.3) is 0 Å². The molecule has 1 saturated heterocycles. The summed E-state index contributed by atoms with van der Waals surface area (Å²) in [6.45, 7) is 1.58. The minimum absolute atomic E-state index is 0.406. The SMILES string of the molecule is CCc1cc(Br)ccc1NC(=O)CN1C(=O)[C@@H]2[C@@H](C1=O)C1(Cl)c3ccccc3C2(Cl)c2ccccc21. The van der Waals surface area contributed by atoms with Gasteiger partial charge in [-0.25, -0.2) is 0 Å². The second-order valence-electron chi connectivity index (χ2n) is 9.44. The zero-order valence-electron chi connectivity index (χ0n) is 19.2. The number of carbonyl (C=O) groups is 3. The van der Waals surface area contributed by atoms with Gasteiger partial charge in [-0.2, -0.15) is 0 Å². The summed E-state index contributed by atoms with van der Waals surface area (Å²) in [7, 11) is 0. The van der Waals surface area contributed by atoms with E-state index in [1.54, 1.807) is 6.07 Å². The number of alkyl halides is 2. The highest BCUT2D eigenvalue weighted by Crippen LogP contribution is 2.69. The van der Waals surface area contributed by atoms with Crippen LogP contribution in [0.25, 0.3) is 0 Å². The van der Waals surface area contributed by atoms with Gasteiger partial charge in [0, 0.05) is 10.2 Å². The van der Waals surface area contributed by atoms with Gasteiger partial charge >= 0.3 is 0 Å². The maximum atomic E-state index is 13.8. The summed E-state index contributed by atoms with van der Waals surface area (Å²) in [5, 5.41) is 2.86. The largest absolute Gasteiger partial charge is 0.324 e. The number of anilines is 1. The minimum atomic E-state index is -1.26. The Morgan fingerprint density at radius 1 is 0.889 bits per heavy atom. The molecule has 8 heteroatoms. The smallest absolute Gasteiger partial charge is 0.244 e. The highest BCUT2D eigenvalue weighted by Gasteiger charge is 2.73. The Kier molecular flexibility index (Phi) is 5.38. The standard InChI is InChI=1S/C28H21BrCl2N2O3/c1-2-15-13-16(29)11-12-21(15)32-22(34)14-33-25(35)23-24(26(33)36)28(31)18-8-4-3-7-17(18)27(23,30)19-9-5-6-10-20(19)28/h3-13,23-24H,2,14H2,1H3,(H,32,34)/t23-,24-,27?,28?/m0/s1. The summed E-state index contributed by atoms with van der Waals surface area (Å²) < 4.78 is 0.903. The lowest BCUT2D eigenvalue weighted by molar-refractivity contribution is -0.142. The van der Waals surface area contributed by atoms with Crippen molar-refractivity contribution in [2.45, 2.75) is 23.1 Å². The van der Waals surface area contributed by atoms with E-state index in [4.69, 9.17) is 23.2 Å². The number of halogens is 3. The van der Waals surface area contributed by atoms with Crippen molar-refractivity contribution in [1.82, 2.24) is 4.90 Å². The quantitative estimate of drug-likeness (QED) is 0.324. The number of rotatable bonds is 4. The van der Waals surface area contributed by atoms with Crippen molar-refractivity contribution in [2.24, 2.45) is 11.8 Å². The van der Waals surface area contributed by atoms with Gasteiger partial charge in [-0.15, -0.1) is 23.2 Å². The summed E-state index contributed by atoms with van der Waals surface area (Å²) in [4.78, 5) is 39.3. The van der Waals surface area contributed by atoms with Gasteiger partial charge in [0.1, 0.15) is 16.3 Å². The summed E-state index contributed by atoms with van der Waals surface area (Å²) in [6, 6.07) is 20.5. The zero-order valence-corrected chi connectivity index (χ0v) is 22.3. The number of hydrogen-bond acceptors (Lipinski definition) is 3. The molecule has 1 fully saturated rings. The molecule has 3 aromatic carbocycles. The van der Waals surface area contributed by atoms with Crippen LogP contribution < -0.4 is 5.32 Å². The van der Waals surface area contributed by atoms with Gasteiger partial charge in [0.05, 0.1) is 11.8 Å². The van der Waals surface area contributed by atoms with Crippen molar-refractivity contribution < 1.29 is 14.4 Å². The predicted molar refractivity (Wildman–Crippen MR) is 142 cm³/mol. The summed E-state index contributed by atoms with van der Waals surface area (Å²) >= 11 is 18.3.